The molecule has 2 unspecified atom stereocenters. The van der Waals surface area contributed by atoms with Crippen LogP contribution >= 0.6 is 0 Å². The molecule has 4 heteroatoms. The Labute approximate surface area is 90.3 Å². The number of fused-ring (bicyclic) bond motifs is 1. The first kappa shape index (κ1) is 10.5. The largest absolute Gasteiger partial charge is 0.395 e. The van der Waals surface area contributed by atoms with Gasteiger partial charge in [-0.25, -0.2) is 0 Å². The zero-order valence-corrected chi connectivity index (χ0v) is 9.35. The minimum Gasteiger partial charge on any atom is -0.395 e. The highest BCUT2D eigenvalue weighted by atomic mass is 16.6. The normalized spacial score (nSPS) is 30.6. The third-order valence-electron chi connectivity index (χ3n) is 3.26. The molecule has 0 aliphatic carbocycles. The summed E-state index contributed by atoms with van der Waals surface area (Å²) >= 11 is 0. The van der Waals surface area contributed by atoms with E-state index in [1.54, 1.807) is 0 Å². The van der Waals surface area contributed by atoms with E-state index in [1.807, 2.05) is 4.90 Å². The topological polar surface area (TPSA) is 41.9 Å². The summed E-state index contributed by atoms with van der Waals surface area (Å²) in [6, 6.07) is 0.137. The summed E-state index contributed by atoms with van der Waals surface area (Å²) in [6.07, 6.45) is 3.09. The van der Waals surface area contributed by atoms with Crippen LogP contribution in [0.4, 0.5) is 0 Å². The van der Waals surface area contributed by atoms with E-state index in [-0.39, 0.29) is 6.04 Å². The predicted octanol–water partition coefficient (Wildman–Crippen LogP) is 1.27. The lowest BCUT2D eigenvalue weighted by Gasteiger charge is -2.29. The third kappa shape index (κ3) is 1.85. The van der Waals surface area contributed by atoms with Crippen LogP contribution in [0.5, 0.6) is 0 Å². The lowest BCUT2D eigenvalue weighted by Crippen LogP contribution is -2.44. The van der Waals surface area contributed by atoms with Crippen molar-refractivity contribution in [1.82, 2.24) is 4.90 Å². The van der Waals surface area contributed by atoms with Crippen molar-refractivity contribution < 1.29 is 9.63 Å². The molecule has 2 atom stereocenters. The standard InChI is InChI=1S/C11H18N2O2/c1-8(2)11-10-9(6-15-12-10)4-3-5-13(11)7-14/h7-9,11H,3-6H2,1-2H3. The number of amides is 1. The fourth-order valence-corrected chi connectivity index (χ4v) is 2.56. The van der Waals surface area contributed by atoms with E-state index in [0.717, 1.165) is 31.5 Å². The number of nitrogens with zero attached hydrogens (tertiary/aromatic N) is 2. The van der Waals surface area contributed by atoms with Crippen molar-refractivity contribution in [1.29, 1.82) is 0 Å². The first-order valence-electron chi connectivity index (χ1n) is 5.65. The van der Waals surface area contributed by atoms with E-state index in [4.69, 9.17) is 4.84 Å². The average molecular weight is 210 g/mol. The summed E-state index contributed by atoms with van der Waals surface area (Å²) in [5, 5.41) is 4.13. The average Bonchev–Trinajstić information content (AvgIpc) is 2.57. The monoisotopic (exact) mass is 210 g/mol. The van der Waals surface area contributed by atoms with Gasteiger partial charge in [-0.05, 0) is 18.8 Å². The van der Waals surface area contributed by atoms with E-state index in [0.29, 0.717) is 18.4 Å². The highest BCUT2D eigenvalue weighted by Gasteiger charge is 2.37. The molecule has 0 aromatic heterocycles. The number of carbonyl (C=O) groups excluding carboxylic acids is 1. The van der Waals surface area contributed by atoms with Crippen LogP contribution in [0.25, 0.3) is 0 Å². The zero-order valence-electron chi connectivity index (χ0n) is 9.35. The van der Waals surface area contributed by atoms with Crippen LogP contribution in [0.1, 0.15) is 26.7 Å². The number of oxime groups is 1. The molecule has 1 saturated heterocycles. The first-order chi connectivity index (χ1) is 7.24. The Morgan fingerprint density at radius 2 is 2.40 bits per heavy atom. The minimum atomic E-state index is 0.137. The Kier molecular flexibility index (Phi) is 2.93. The Bertz CT molecular complexity index is 276. The summed E-state index contributed by atoms with van der Waals surface area (Å²) in [7, 11) is 0. The maximum absolute atomic E-state index is 11.0. The van der Waals surface area contributed by atoms with E-state index < -0.39 is 0 Å². The molecule has 15 heavy (non-hydrogen) atoms. The van der Waals surface area contributed by atoms with E-state index in [9.17, 15) is 4.79 Å². The Hall–Kier alpha value is -1.06. The van der Waals surface area contributed by atoms with Gasteiger partial charge < -0.3 is 9.74 Å². The highest BCUT2D eigenvalue weighted by molar-refractivity contribution is 5.94. The SMILES string of the molecule is CC(C)C1C2=NOCC2CCCN1C=O. The molecule has 2 aliphatic heterocycles. The van der Waals surface area contributed by atoms with Crippen LogP contribution in [0.15, 0.2) is 5.16 Å². The number of likely N-dealkylation sites (tertiary alicyclic amines) is 1. The summed E-state index contributed by atoms with van der Waals surface area (Å²) in [5.74, 6) is 0.832. The van der Waals surface area contributed by atoms with Crippen molar-refractivity contribution in [3.8, 4) is 0 Å². The smallest absolute Gasteiger partial charge is 0.210 e. The van der Waals surface area contributed by atoms with Crippen molar-refractivity contribution in [2.24, 2.45) is 17.0 Å². The lowest BCUT2D eigenvalue weighted by molar-refractivity contribution is -0.119. The van der Waals surface area contributed by atoms with Crippen molar-refractivity contribution in [2.75, 3.05) is 13.2 Å². The molecule has 0 spiro atoms. The van der Waals surface area contributed by atoms with Gasteiger partial charge in [-0.15, -0.1) is 0 Å². The van der Waals surface area contributed by atoms with Gasteiger partial charge in [-0.1, -0.05) is 19.0 Å². The molecule has 2 heterocycles. The number of rotatable bonds is 2. The molecule has 1 amide bonds. The molecule has 1 fully saturated rings. The molecule has 0 N–H and O–H groups in total. The molecule has 0 radical (unpaired) electrons. The predicted molar refractivity (Wildman–Crippen MR) is 57.5 cm³/mol. The Morgan fingerprint density at radius 1 is 1.60 bits per heavy atom. The number of carbonyl (C=O) groups is 1. The quantitative estimate of drug-likeness (QED) is 0.644. The van der Waals surface area contributed by atoms with E-state index in [2.05, 4.69) is 19.0 Å². The molecule has 2 aliphatic rings. The molecule has 0 saturated carbocycles. The maximum Gasteiger partial charge on any atom is 0.210 e. The van der Waals surface area contributed by atoms with Crippen molar-refractivity contribution in [3.05, 3.63) is 0 Å². The van der Waals surface area contributed by atoms with E-state index in [1.165, 1.54) is 0 Å². The zero-order chi connectivity index (χ0) is 10.8. The molecule has 0 aromatic carbocycles. The fraction of sp³-hybridized carbons (Fsp3) is 0.818. The summed E-state index contributed by atoms with van der Waals surface area (Å²) in [4.78, 5) is 18.1. The van der Waals surface area contributed by atoms with Crippen LogP contribution in [0.3, 0.4) is 0 Å². The molecule has 0 bridgehead atoms. The summed E-state index contributed by atoms with van der Waals surface area (Å²) < 4.78 is 0. The molecule has 84 valence electrons. The van der Waals surface area contributed by atoms with Crippen LogP contribution in [0.2, 0.25) is 0 Å². The summed E-state index contributed by atoms with van der Waals surface area (Å²) in [5.41, 5.74) is 1.08. The second-order valence-electron chi connectivity index (χ2n) is 4.68. The van der Waals surface area contributed by atoms with Gasteiger partial charge in [0.2, 0.25) is 6.41 Å². The third-order valence-corrected chi connectivity index (χ3v) is 3.26. The fourth-order valence-electron chi connectivity index (χ4n) is 2.56. The molecular formula is C11H18N2O2. The Morgan fingerprint density at radius 3 is 3.07 bits per heavy atom. The second kappa shape index (κ2) is 4.21. The Balaban J connectivity index is 2.26. The molecule has 0 aromatic rings. The molecular weight excluding hydrogens is 192 g/mol. The van der Waals surface area contributed by atoms with Crippen LogP contribution in [-0.2, 0) is 9.63 Å². The number of hydrogen-bond donors (Lipinski definition) is 0. The van der Waals surface area contributed by atoms with Crippen LogP contribution in [-0.4, -0.2) is 36.2 Å². The lowest BCUT2D eigenvalue weighted by atomic mass is 9.90. The van der Waals surface area contributed by atoms with E-state index >= 15 is 0 Å². The highest BCUT2D eigenvalue weighted by Crippen LogP contribution is 2.27. The van der Waals surface area contributed by atoms with Gasteiger partial charge in [-0.3, -0.25) is 4.79 Å². The maximum atomic E-state index is 11.0. The van der Waals surface area contributed by atoms with Gasteiger partial charge in [0.1, 0.15) is 6.61 Å². The summed E-state index contributed by atoms with van der Waals surface area (Å²) in [6.45, 7) is 5.81. The van der Waals surface area contributed by atoms with Crippen molar-refractivity contribution in [3.63, 3.8) is 0 Å². The van der Waals surface area contributed by atoms with Crippen molar-refractivity contribution >= 4 is 12.1 Å². The van der Waals surface area contributed by atoms with Gasteiger partial charge >= 0.3 is 0 Å². The molecule has 2 rings (SSSR count). The molecule has 4 nitrogen and oxygen atoms in total. The van der Waals surface area contributed by atoms with Gasteiger partial charge in [0, 0.05) is 12.5 Å². The van der Waals surface area contributed by atoms with Gasteiger partial charge in [0.25, 0.3) is 0 Å². The van der Waals surface area contributed by atoms with Crippen molar-refractivity contribution in [2.45, 2.75) is 32.7 Å². The van der Waals surface area contributed by atoms with Gasteiger partial charge in [-0.2, -0.15) is 0 Å². The van der Waals surface area contributed by atoms with Gasteiger partial charge in [0.05, 0.1) is 11.8 Å². The van der Waals surface area contributed by atoms with Crippen LogP contribution in [0, 0.1) is 11.8 Å². The first-order valence-corrected chi connectivity index (χ1v) is 5.65. The minimum absolute atomic E-state index is 0.137. The number of hydrogen-bond acceptors (Lipinski definition) is 3. The van der Waals surface area contributed by atoms with Gasteiger partial charge in [0.15, 0.2) is 0 Å². The van der Waals surface area contributed by atoms with Crippen LogP contribution < -0.4 is 0 Å². The second-order valence-corrected chi connectivity index (χ2v) is 4.68.